The number of nitrogens with one attached hydrogen (secondary N) is 1. The van der Waals surface area contributed by atoms with E-state index in [0.29, 0.717) is 11.3 Å². The molecule has 0 amide bonds. The monoisotopic (exact) mass is 308 g/mol. The Kier molecular flexibility index (Phi) is 3.95. The van der Waals surface area contributed by atoms with Crippen molar-refractivity contribution in [1.82, 2.24) is 0 Å². The maximum absolute atomic E-state index is 12.3. The maximum atomic E-state index is 12.3. The van der Waals surface area contributed by atoms with E-state index in [9.17, 15) is 13.5 Å². The number of sulfonamides is 1. The van der Waals surface area contributed by atoms with Crippen molar-refractivity contribution in [2.45, 2.75) is 11.8 Å². The molecule has 7 heteroatoms. The fourth-order valence-electron chi connectivity index (χ4n) is 1.78. The molecule has 0 aliphatic heterocycles. The molecule has 0 aromatic heterocycles. The molecule has 0 heterocycles. The third-order valence-corrected chi connectivity index (χ3v) is 4.42. The number of benzene rings is 2. The second kappa shape index (κ2) is 5.53. The molecule has 0 fully saturated rings. The van der Waals surface area contributed by atoms with Crippen molar-refractivity contribution >= 4 is 21.4 Å². The summed E-state index contributed by atoms with van der Waals surface area (Å²) in [7, 11) is -2.37. The molecular formula is C14H16N2O4S. The van der Waals surface area contributed by atoms with Crippen LogP contribution in [0.15, 0.2) is 41.3 Å². The third kappa shape index (κ3) is 3.19. The molecular weight excluding hydrogens is 292 g/mol. The van der Waals surface area contributed by atoms with Crippen molar-refractivity contribution in [1.29, 1.82) is 0 Å². The topological polar surface area (TPSA) is 102 Å². The lowest BCUT2D eigenvalue weighted by molar-refractivity contribution is 0.414. The zero-order valence-corrected chi connectivity index (χ0v) is 12.4. The lowest BCUT2D eigenvalue weighted by Crippen LogP contribution is -2.14. The van der Waals surface area contributed by atoms with Crippen LogP contribution in [0.2, 0.25) is 0 Å². The summed E-state index contributed by atoms with van der Waals surface area (Å²) in [5.41, 5.74) is 6.74. The normalized spacial score (nSPS) is 11.1. The highest BCUT2D eigenvalue weighted by atomic mass is 32.2. The molecule has 0 unspecified atom stereocenters. The Bertz CT molecular complexity index is 773. The number of nitrogens with two attached hydrogens (primary N) is 1. The highest BCUT2D eigenvalue weighted by molar-refractivity contribution is 7.92. The van der Waals surface area contributed by atoms with Gasteiger partial charge in [-0.2, -0.15) is 0 Å². The molecule has 2 aromatic rings. The van der Waals surface area contributed by atoms with Crippen LogP contribution in [-0.4, -0.2) is 20.6 Å². The van der Waals surface area contributed by atoms with Crippen LogP contribution in [0.3, 0.4) is 0 Å². The Labute approximate surface area is 123 Å². The number of phenolic OH excluding ortho intramolecular Hbond substituents is 1. The molecule has 2 rings (SSSR count). The van der Waals surface area contributed by atoms with Gasteiger partial charge in [0.15, 0.2) is 0 Å². The maximum Gasteiger partial charge on any atom is 0.263 e. The van der Waals surface area contributed by atoms with Gasteiger partial charge in [-0.3, -0.25) is 4.72 Å². The number of rotatable bonds is 4. The summed E-state index contributed by atoms with van der Waals surface area (Å²) in [6.45, 7) is 1.72. The number of nitrogen functional groups attached to an aromatic ring is 1. The van der Waals surface area contributed by atoms with Gasteiger partial charge in [-0.15, -0.1) is 0 Å². The van der Waals surface area contributed by atoms with Crippen molar-refractivity contribution in [3.05, 3.63) is 42.0 Å². The molecule has 0 aliphatic carbocycles. The lowest BCUT2D eigenvalue weighted by Gasteiger charge is -2.12. The first-order chi connectivity index (χ1) is 9.83. The number of ether oxygens (including phenoxy) is 1. The second-order valence-corrected chi connectivity index (χ2v) is 6.16. The number of hydrogen-bond acceptors (Lipinski definition) is 5. The van der Waals surface area contributed by atoms with Crippen LogP contribution in [0.1, 0.15) is 5.56 Å². The van der Waals surface area contributed by atoms with Crippen molar-refractivity contribution in [2.24, 2.45) is 0 Å². The fraction of sp³-hybridized carbons (Fsp3) is 0.143. The molecule has 21 heavy (non-hydrogen) atoms. The summed E-state index contributed by atoms with van der Waals surface area (Å²) in [5, 5.41) is 9.61. The molecule has 0 bridgehead atoms. The van der Waals surface area contributed by atoms with Crippen LogP contribution in [0.4, 0.5) is 11.4 Å². The number of phenols is 1. The first kappa shape index (κ1) is 15.0. The van der Waals surface area contributed by atoms with Gasteiger partial charge in [0, 0.05) is 12.1 Å². The number of anilines is 2. The summed E-state index contributed by atoms with van der Waals surface area (Å²) >= 11 is 0. The van der Waals surface area contributed by atoms with E-state index in [2.05, 4.69) is 4.72 Å². The van der Waals surface area contributed by atoms with Gasteiger partial charge in [-0.1, -0.05) is 6.07 Å². The van der Waals surface area contributed by atoms with Crippen molar-refractivity contribution in [3.8, 4) is 11.5 Å². The average molecular weight is 308 g/mol. The Hall–Kier alpha value is -2.41. The van der Waals surface area contributed by atoms with Crippen molar-refractivity contribution in [2.75, 3.05) is 17.6 Å². The van der Waals surface area contributed by atoms with E-state index in [1.165, 1.54) is 31.4 Å². The molecule has 0 spiro atoms. The highest BCUT2D eigenvalue weighted by Gasteiger charge is 2.18. The lowest BCUT2D eigenvalue weighted by atomic mass is 10.2. The summed E-state index contributed by atoms with van der Waals surface area (Å²) < 4.78 is 32.0. The van der Waals surface area contributed by atoms with Crippen molar-refractivity contribution < 1.29 is 18.3 Å². The molecule has 6 nitrogen and oxygen atoms in total. The molecule has 2 aromatic carbocycles. The quantitative estimate of drug-likeness (QED) is 0.751. The van der Waals surface area contributed by atoms with E-state index < -0.39 is 10.0 Å². The number of aryl methyl sites for hydroxylation is 1. The number of hydrogen-bond donors (Lipinski definition) is 3. The average Bonchev–Trinajstić information content (AvgIpc) is 2.42. The fourth-order valence-corrected chi connectivity index (χ4v) is 2.94. The van der Waals surface area contributed by atoms with Gasteiger partial charge < -0.3 is 15.6 Å². The van der Waals surface area contributed by atoms with Gasteiger partial charge in [-0.25, -0.2) is 8.42 Å². The Morgan fingerprint density at radius 3 is 2.48 bits per heavy atom. The SMILES string of the molecule is COc1ccc(S(=O)(=O)Nc2ccc(C)c(O)c2)c(N)c1. The molecule has 4 N–H and O–H groups in total. The van der Waals surface area contributed by atoms with E-state index in [4.69, 9.17) is 10.5 Å². The molecule has 0 atom stereocenters. The first-order valence-electron chi connectivity index (χ1n) is 6.09. The zero-order valence-electron chi connectivity index (χ0n) is 11.6. The van der Waals surface area contributed by atoms with Crippen LogP contribution >= 0.6 is 0 Å². The predicted octanol–water partition coefficient (Wildman–Crippen LogP) is 2.09. The number of aromatic hydroxyl groups is 1. The summed E-state index contributed by atoms with van der Waals surface area (Å²) in [5.74, 6) is 0.484. The summed E-state index contributed by atoms with van der Waals surface area (Å²) in [6.07, 6.45) is 0. The van der Waals surface area contributed by atoms with E-state index >= 15 is 0 Å². The van der Waals surface area contributed by atoms with Gasteiger partial charge >= 0.3 is 0 Å². The smallest absolute Gasteiger partial charge is 0.263 e. The van der Waals surface area contributed by atoms with Gasteiger partial charge in [0.05, 0.1) is 18.5 Å². The first-order valence-corrected chi connectivity index (χ1v) is 7.58. The van der Waals surface area contributed by atoms with Gasteiger partial charge in [0.2, 0.25) is 0 Å². The van der Waals surface area contributed by atoms with Crippen LogP contribution in [0.5, 0.6) is 11.5 Å². The summed E-state index contributed by atoms with van der Waals surface area (Å²) in [4.78, 5) is -0.0524. The van der Waals surface area contributed by atoms with E-state index in [1.807, 2.05) is 0 Å². The molecule has 0 saturated heterocycles. The molecule has 0 saturated carbocycles. The zero-order chi connectivity index (χ0) is 15.6. The third-order valence-electron chi connectivity index (χ3n) is 2.97. The second-order valence-electron chi connectivity index (χ2n) is 4.51. The molecule has 112 valence electrons. The van der Waals surface area contributed by atoms with Crippen LogP contribution in [-0.2, 0) is 10.0 Å². The Balaban J connectivity index is 2.36. The van der Waals surface area contributed by atoms with Crippen LogP contribution < -0.4 is 15.2 Å². The minimum absolute atomic E-state index is 0.0119. The van der Waals surface area contributed by atoms with Crippen molar-refractivity contribution in [3.63, 3.8) is 0 Å². The minimum atomic E-state index is -3.84. The summed E-state index contributed by atoms with van der Waals surface area (Å²) in [6, 6.07) is 8.83. The van der Waals surface area contributed by atoms with Crippen LogP contribution in [0.25, 0.3) is 0 Å². The van der Waals surface area contributed by atoms with E-state index in [1.54, 1.807) is 19.1 Å². The van der Waals surface area contributed by atoms with Gasteiger partial charge in [-0.05, 0) is 30.7 Å². The molecule has 0 radical (unpaired) electrons. The predicted molar refractivity (Wildman–Crippen MR) is 81.1 cm³/mol. The standard InChI is InChI=1S/C14H16N2O4S/c1-9-3-4-10(7-13(9)17)16-21(18,19)14-6-5-11(20-2)8-12(14)15/h3-8,16-17H,15H2,1-2H3. The van der Waals surface area contributed by atoms with Gasteiger partial charge in [0.25, 0.3) is 10.0 Å². The van der Waals surface area contributed by atoms with Gasteiger partial charge in [0.1, 0.15) is 16.4 Å². The number of methoxy groups -OCH3 is 1. The van der Waals surface area contributed by atoms with E-state index in [-0.39, 0.29) is 22.0 Å². The molecule has 0 aliphatic rings. The largest absolute Gasteiger partial charge is 0.508 e. The Morgan fingerprint density at radius 1 is 1.19 bits per heavy atom. The minimum Gasteiger partial charge on any atom is -0.508 e. The highest BCUT2D eigenvalue weighted by Crippen LogP contribution is 2.27. The van der Waals surface area contributed by atoms with Crippen LogP contribution in [0, 0.1) is 6.92 Å². The van der Waals surface area contributed by atoms with E-state index in [0.717, 1.165) is 0 Å². The Morgan fingerprint density at radius 2 is 1.90 bits per heavy atom.